The van der Waals surface area contributed by atoms with E-state index in [9.17, 15) is 0 Å². The Labute approximate surface area is 90.2 Å². The maximum absolute atomic E-state index is 4.33. The van der Waals surface area contributed by atoms with Gasteiger partial charge in [-0.1, -0.05) is 0 Å². The summed E-state index contributed by atoms with van der Waals surface area (Å²) in [4.78, 5) is 8.48. The van der Waals surface area contributed by atoms with Crippen LogP contribution in [0.5, 0.6) is 0 Å². The molecule has 4 nitrogen and oxygen atoms in total. The van der Waals surface area contributed by atoms with Crippen LogP contribution in [0.1, 0.15) is 13.8 Å². The van der Waals surface area contributed by atoms with E-state index in [1.165, 1.54) is 11.5 Å². The molecule has 0 fully saturated rings. The molecule has 1 N–H and O–H groups in total. The average molecular weight is 226 g/mol. The molecule has 0 radical (unpaired) electrons. The average Bonchev–Trinajstić information content (AvgIpc) is 2.69. The van der Waals surface area contributed by atoms with Crippen LogP contribution in [0, 0.1) is 0 Å². The standard InChI is InChI=1S/C8H10N4S2/c1-5(2)10-8-11-7(12-14-8)6-3-13-4-9-6/h3-5H,1-2H3,(H,10,11,12). The fraction of sp³-hybridized carbons (Fsp3) is 0.375. The van der Waals surface area contributed by atoms with Crippen molar-refractivity contribution in [3.05, 3.63) is 10.9 Å². The Hall–Kier alpha value is -1.01. The molecule has 0 spiro atoms. The van der Waals surface area contributed by atoms with E-state index in [1.807, 2.05) is 5.38 Å². The zero-order valence-electron chi connectivity index (χ0n) is 7.89. The summed E-state index contributed by atoms with van der Waals surface area (Å²) in [6.45, 7) is 4.15. The zero-order chi connectivity index (χ0) is 9.97. The van der Waals surface area contributed by atoms with Gasteiger partial charge in [0.2, 0.25) is 5.13 Å². The van der Waals surface area contributed by atoms with Gasteiger partial charge in [-0.05, 0) is 13.8 Å². The van der Waals surface area contributed by atoms with Gasteiger partial charge in [0.1, 0.15) is 5.69 Å². The van der Waals surface area contributed by atoms with Crippen molar-refractivity contribution >= 4 is 28.0 Å². The summed E-state index contributed by atoms with van der Waals surface area (Å²) in [5, 5.41) is 6.00. The highest BCUT2D eigenvalue weighted by Gasteiger charge is 2.08. The Balaban J connectivity index is 2.18. The number of anilines is 1. The van der Waals surface area contributed by atoms with Gasteiger partial charge in [0.25, 0.3) is 0 Å². The van der Waals surface area contributed by atoms with Gasteiger partial charge in [0.05, 0.1) is 5.51 Å². The van der Waals surface area contributed by atoms with Gasteiger partial charge in [0.15, 0.2) is 5.82 Å². The molecule has 2 heterocycles. The van der Waals surface area contributed by atoms with E-state index in [0.717, 1.165) is 10.8 Å². The van der Waals surface area contributed by atoms with E-state index in [4.69, 9.17) is 0 Å². The van der Waals surface area contributed by atoms with Crippen LogP contribution in [0.3, 0.4) is 0 Å². The molecule has 6 heteroatoms. The van der Waals surface area contributed by atoms with E-state index in [2.05, 4.69) is 33.5 Å². The molecule has 0 aliphatic rings. The fourth-order valence-electron chi connectivity index (χ4n) is 0.956. The maximum atomic E-state index is 4.33. The lowest BCUT2D eigenvalue weighted by Gasteiger charge is -2.03. The van der Waals surface area contributed by atoms with Crippen LogP contribution in [0.2, 0.25) is 0 Å². The maximum Gasteiger partial charge on any atom is 0.203 e. The molecule has 2 aromatic heterocycles. The van der Waals surface area contributed by atoms with Crippen molar-refractivity contribution in [3.8, 4) is 11.5 Å². The predicted octanol–water partition coefficient (Wildman–Crippen LogP) is 2.48. The monoisotopic (exact) mass is 226 g/mol. The SMILES string of the molecule is CC(C)Nc1nc(-c2cscn2)ns1. The van der Waals surface area contributed by atoms with Gasteiger partial charge in [-0.2, -0.15) is 9.36 Å². The van der Waals surface area contributed by atoms with Gasteiger partial charge in [-0.25, -0.2) is 4.98 Å². The Bertz CT molecular complexity index is 393. The van der Waals surface area contributed by atoms with E-state index in [-0.39, 0.29) is 0 Å². The Morgan fingerprint density at radius 3 is 2.93 bits per heavy atom. The summed E-state index contributed by atoms with van der Waals surface area (Å²) in [6.07, 6.45) is 0. The van der Waals surface area contributed by atoms with Gasteiger partial charge < -0.3 is 5.32 Å². The number of nitrogens with zero attached hydrogens (tertiary/aromatic N) is 3. The molecule has 0 atom stereocenters. The van der Waals surface area contributed by atoms with Crippen molar-refractivity contribution in [1.29, 1.82) is 0 Å². The summed E-state index contributed by atoms with van der Waals surface area (Å²) in [6, 6.07) is 0.381. The molecule has 0 amide bonds. The molecule has 0 aliphatic carbocycles. The second-order valence-electron chi connectivity index (χ2n) is 3.10. The zero-order valence-corrected chi connectivity index (χ0v) is 9.52. The van der Waals surface area contributed by atoms with Crippen LogP contribution in [-0.2, 0) is 0 Å². The quantitative estimate of drug-likeness (QED) is 0.873. The molecule has 0 aliphatic heterocycles. The second-order valence-corrected chi connectivity index (χ2v) is 4.57. The summed E-state index contributed by atoms with van der Waals surface area (Å²) in [7, 11) is 0. The van der Waals surface area contributed by atoms with Crippen LogP contribution in [0.25, 0.3) is 11.5 Å². The van der Waals surface area contributed by atoms with Gasteiger partial charge in [-0.15, -0.1) is 11.3 Å². The smallest absolute Gasteiger partial charge is 0.203 e. The van der Waals surface area contributed by atoms with Crippen molar-refractivity contribution < 1.29 is 0 Å². The number of aromatic nitrogens is 3. The summed E-state index contributed by atoms with van der Waals surface area (Å²) < 4.78 is 4.22. The number of nitrogens with one attached hydrogen (secondary N) is 1. The lowest BCUT2D eigenvalue weighted by atomic mass is 10.4. The van der Waals surface area contributed by atoms with Crippen LogP contribution < -0.4 is 5.32 Å². The molecular weight excluding hydrogens is 216 g/mol. The van der Waals surface area contributed by atoms with Crippen LogP contribution >= 0.6 is 22.9 Å². The Morgan fingerprint density at radius 2 is 2.29 bits per heavy atom. The van der Waals surface area contributed by atoms with Crippen LogP contribution in [-0.4, -0.2) is 20.4 Å². The molecular formula is C8H10N4S2. The molecule has 0 unspecified atom stereocenters. The third-order valence-electron chi connectivity index (χ3n) is 1.50. The van der Waals surface area contributed by atoms with Crippen LogP contribution in [0.15, 0.2) is 10.9 Å². The van der Waals surface area contributed by atoms with Gasteiger partial charge in [0, 0.05) is 23.0 Å². The minimum absolute atomic E-state index is 0.381. The Morgan fingerprint density at radius 1 is 1.43 bits per heavy atom. The highest BCUT2D eigenvalue weighted by atomic mass is 32.1. The molecule has 0 aromatic carbocycles. The van der Waals surface area contributed by atoms with Crippen molar-refractivity contribution in [2.75, 3.05) is 5.32 Å². The minimum Gasteiger partial charge on any atom is -0.358 e. The third kappa shape index (κ3) is 2.08. The topological polar surface area (TPSA) is 50.7 Å². The molecule has 74 valence electrons. The van der Waals surface area contributed by atoms with Crippen molar-refractivity contribution in [2.24, 2.45) is 0 Å². The second kappa shape index (κ2) is 4.02. The number of rotatable bonds is 3. The van der Waals surface area contributed by atoms with Crippen LogP contribution in [0.4, 0.5) is 5.13 Å². The molecule has 2 aromatic rings. The van der Waals surface area contributed by atoms with E-state index < -0.39 is 0 Å². The summed E-state index contributed by atoms with van der Waals surface area (Å²) in [5.74, 6) is 0.708. The largest absolute Gasteiger partial charge is 0.358 e. The first kappa shape index (κ1) is 9.54. The summed E-state index contributed by atoms with van der Waals surface area (Å²) in [5.41, 5.74) is 2.63. The van der Waals surface area contributed by atoms with Gasteiger partial charge in [-0.3, -0.25) is 0 Å². The molecule has 0 saturated heterocycles. The highest BCUT2D eigenvalue weighted by Crippen LogP contribution is 2.20. The number of hydrogen-bond acceptors (Lipinski definition) is 6. The summed E-state index contributed by atoms with van der Waals surface area (Å²) >= 11 is 2.92. The minimum atomic E-state index is 0.381. The third-order valence-corrected chi connectivity index (χ3v) is 2.73. The number of thiazole rings is 1. The lowest BCUT2D eigenvalue weighted by molar-refractivity contribution is 0.896. The Kier molecular flexibility index (Phi) is 2.74. The fourth-order valence-corrected chi connectivity index (χ4v) is 2.21. The lowest BCUT2D eigenvalue weighted by Crippen LogP contribution is -2.08. The van der Waals surface area contributed by atoms with E-state index >= 15 is 0 Å². The first-order chi connectivity index (χ1) is 6.75. The normalized spacial score (nSPS) is 10.8. The van der Waals surface area contributed by atoms with E-state index in [1.54, 1.807) is 16.8 Å². The first-order valence-electron chi connectivity index (χ1n) is 4.24. The van der Waals surface area contributed by atoms with E-state index in [0.29, 0.717) is 11.9 Å². The predicted molar refractivity (Wildman–Crippen MR) is 59.8 cm³/mol. The van der Waals surface area contributed by atoms with Gasteiger partial charge >= 0.3 is 0 Å². The number of hydrogen-bond donors (Lipinski definition) is 1. The highest BCUT2D eigenvalue weighted by molar-refractivity contribution is 7.10. The first-order valence-corrected chi connectivity index (χ1v) is 5.96. The molecule has 2 rings (SSSR count). The molecule has 14 heavy (non-hydrogen) atoms. The van der Waals surface area contributed by atoms with Crippen molar-refractivity contribution in [1.82, 2.24) is 14.3 Å². The molecule has 0 saturated carbocycles. The van der Waals surface area contributed by atoms with Crippen molar-refractivity contribution in [3.63, 3.8) is 0 Å². The van der Waals surface area contributed by atoms with Crippen molar-refractivity contribution in [2.45, 2.75) is 19.9 Å². The molecule has 0 bridgehead atoms.